The summed E-state index contributed by atoms with van der Waals surface area (Å²) in [6.07, 6.45) is 0. The monoisotopic (exact) mass is 285 g/mol. The molecule has 1 amide bonds. The molecule has 1 aromatic carbocycles. The predicted octanol–water partition coefficient (Wildman–Crippen LogP) is 3.85. The summed E-state index contributed by atoms with van der Waals surface area (Å²) in [5, 5.41) is 12.5. The maximum absolute atomic E-state index is 11.8. The Morgan fingerprint density at radius 1 is 1.33 bits per heavy atom. The van der Waals surface area contributed by atoms with Crippen LogP contribution in [0.1, 0.15) is 16.3 Å². The van der Waals surface area contributed by atoms with Crippen LogP contribution in [0.25, 0.3) is 0 Å². The molecule has 6 heteroatoms. The van der Waals surface area contributed by atoms with E-state index in [2.05, 4.69) is 5.32 Å². The van der Waals surface area contributed by atoms with Gasteiger partial charge in [-0.3, -0.25) is 4.79 Å². The third-order valence-corrected chi connectivity index (χ3v) is 2.75. The first-order valence-corrected chi connectivity index (χ1v) is 5.79. The fraction of sp³-hybridized carbons (Fsp3) is 0.0833. The maximum Gasteiger partial charge on any atom is 0.291 e. The van der Waals surface area contributed by atoms with Crippen LogP contribution in [-0.4, -0.2) is 11.0 Å². The van der Waals surface area contributed by atoms with Gasteiger partial charge in [-0.25, -0.2) is 0 Å². The van der Waals surface area contributed by atoms with Crippen LogP contribution in [0.2, 0.25) is 10.0 Å². The summed E-state index contributed by atoms with van der Waals surface area (Å²) in [5.74, 6) is 0.0333. The van der Waals surface area contributed by atoms with Crippen LogP contribution in [0.3, 0.4) is 0 Å². The summed E-state index contributed by atoms with van der Waals surface area (Å²) in [6, 6.07) is 5.98. The highest BCUT2D eigenvalue weighted by molar-refractivity contribution is 6.36. The molecule has 0 spiro atoms. The Balaban J connectivity index is 2.27. The molecular weight excluding hydrogens is 277 g/mol. The molecule has 0 saturated heterocycles. The third kappa shape index (κ3) is 2.60. The molecule has 0 fully saturated rings. The largest absolute Gasteiger partial charge is 0.504 e. The van der Waals surface area contributed by atoms with Crippen molar-refractivity contribution < 1.29 is 14.3 Å². The predicted molar refractivity (Wildman–Crippen MR) is 69.5 cm³/mol. The van der Waals surface area contributed by atoms with Crippen molar-refractivity contribution in [2.75, 3.05) is 5.32 Å². The fourth-order valence-corrected chi connectivity index (χ4v) is 1.90. The molecule has 2 rings (SSSR count). The molecule has 18 heavy (non-hydrogen) atoms. The zero-order chi connectivity index (χ0) is 13.3. The van der Waals surface area contributed by atoms with Crippen LogP contribution in [0.5, 0.6) is 5.75 Å². The lowest BCUT2D eigenvalue weighted by Gasteiger charge is -2.07. The number of rotatable bonds is 2. The van der Waals surface area contributed by atoms with Gasteiger partial charge in [0.15, 0.2) is 11.5 Å². The number of phenolic OH excluding ortho intramolecular Hbond substituents is 1. The first-order valence-electron chi connectivity index (χ1n) is 5.03. The van der Waals surface area contributed by atoms with Gasteiger partial charge >= 0.3 is 0 Å². The number of carbonyl (C=O) groups is 1. The van der Waals surface area contributed by atoms with Gasteiger partial charge in [0.05, 0.1) is 10.7 Å². The standard InChI is InChI=1S/C12H9Cl2NO3/c1-6-2-3-10(18-6)12(17)15-9-5-7(13)4-8(14)11(9)16/h2-5,16H,1H3,(H,15,17). The van der Waals surface area contributed by atoms with Crippen molar-refractivity contribution in [1.29, 1.82) is 0 Å². The number of hydrogen-bond donors (Lipinski definition) is 2. The Morgan fingerprint density at radius 2 is 2.06 bits per heavy atom. The van der Waals surface area contributed by atoms with Crippen molar-refractivity contribution in [3.8, 4) is 5.75 Å². The zero-order valence-corrected chi connectivity index (χ0v) is 10.8. The van der Waals surface area contributed by atoms with Gasteiger partial charge in [-0.15, -0.1) is 0 Å². The number of carbonyl (C=O) groups excluding carboxylic acids is 1. The van der Waals surface area contributed by atoms with Gasteiger partial charge in [-0.1, -0.05) is 23.2 Å². The van der Waals surface area contributed by atoms with Crippen molar-refractivity contribution in [3.63, 3.8) is 0 Å². The molecule has 0 unspecified atom stereocenters. The summed E-state index contributed by atoms with van der Waals surface area (Å²) in [6.45, 7) is 1.73. The summed E-state index contributed by atoms with van der Waals surface area (Å²) in [5.41, 5.74) is 0.131. The highest BCUT2D eigenvalue weighted by Crippen LogP contribution is 2.35. The smallest absolute Gasteiger partial charge is 0.291 e. The van der Waals surface area contributed by atoms with Crippen molar-refractivity contribution in [2.24, 2.45) is 0 Å². The second kappa shape index (κ2) is 4.92. The van der Waals surface area contributed by atoms with Gasteiger partial charge in [-0.05, 0) is 31.2 Å². The van der Waals surface area contributed by atoms with Crippen molar-refractivity contribution in [3.05, 3.63) is 45.8 Å². The minimum atomic E-state index is -0.489. The summed E-state index contributed by atoms with van der Waals surface area (Å²) in [7, 11) is 0. The van der Waals surface area contributed by atoms with E-state index in [1.165, 1.54) is 18.2 Å². The number of hydrogen-bond acceptors (Lipinski definition) is 3. The highest BCUT2D eigenvalue weighted by Gasteiger charge is 2.14. The van der Waals surface area contributed by atoms with E-state index in [-0.39, 0.29) is 22.2 Å². The van der Waals surface area contributed by atoms with E-state index in [0.717, 1.165) is 0 Å². The van der Waals surface area contributed by atoms with Gasteiger partial charge < -0.3 is 14.8 Å². The van der Waals surface area contributed by atoms with Gasteiger partial charge in [-0.2, -0.15) is 0 Å². The molecule has 0 saturated carbocycles. The quantitative estimate of drug-likeness (QED) is 0.824. The maximum atomic E-state index is 11.8. The van der Waals surface area contributed by atoms with Crippen LogP contribution in [-0.2, 0) is 0 Å². The van der Waals surface area contributed by atoms with Crippen molar-refractivity contribution >= 4 is 34.8 Å². The number of phenols is 1. The molecular formula is C12H9Cl2NO3. The lowest BCUT2D eigenvalue weighted by Crippen LogP contribution is -2.11. The van der Waals surface area contributed by atoms with Crippen LogP contribution < -0.4 is 5.32 Å². The average Bonchev–Trinajstić information content (AvgIpc) is 2.72. The molecule has 0 aliphatic carbocycles. The zero-order valence-electron chi connectivity index (χ0n) is 9.33. The Kier molecular flexibility index (Phi) is 3.50. The lowest BCUT2D eigenvalue weighted by molar-refractivity contribution is 0.0995. The van der Waals surface area contributed by atoms with Gasteiger partial charge in [0.2, 0.25) is 0 Å². The molecule has 1 heterocycles. The number of aryl methyl sites for hydroxylation is 1. The third-order valence-electron chi connectivity index (χ3n) is 2.24. The molecule has 2 N–H and O–H groups in total. The Bertz CT molecular complexity index is 607. The van der Waals surface area contributed by atoms with Crippen LogP contribution in [0.15, 0.2) is 28.7 Å². The molecule has 0 atom stereocenters. The Morgan fingerprint density at radius 3 is 2.67 bits per heavy atom. The van der Waals surface area contributed by atoms with Crippen LogP contribution in [0.4, 0.5) is 5.69 Å². The second-order valence-electron chi connectivity index (χ2n) is 3.65. The molecule has 1 aromatic heterocycles. The van der Waals surface area contributed by atoms with E-state index in [4.69, 9.17) is 27.6 Å². The summed E-state index contributed by atoms with van der Waals surface area (Å²) in [4.78, 5) is 11.8. The summed E-state index contributed by atoms with van der Waals surface area (Å²) < 4.78 is 5.16. The number of furan rings is 1. The second-order valence-corrected chi connectivity index (χ2v) is 4.49. The van der Waals surface area contributed by atoms with E-state index in [1.807, 2.05) is 0 Å². The number of anilines is 1. The molecule has 0 bridgehead atoms. The topological polar surface area (TPSA) is 62.5 Å². The molecule has 0 aliphatic rings. The highest BCUT2D eigenvalue weighted by atomic mass is 35.5. The summed E-state index contributed by atoms with van der Waals surface area (Å²) >= 11 is 11.5. The molecule has 4 nitrogen and oxygen atoms in total. The number of halogens is 2. The van der Waals surface area contributed by atoms with Crippen LogP contribution >= 0.6 is 23.2 Å². The molecule has 94 valence electrons. The van der Waals surface area contributed by atoms with E-state index in [1.54, 1.807) is 13.0 Å². The van der Waals surface area contributed by atoms with Crippen molar-refractivity contribution in [2.45, 2.75) is 6.92 Å². The normalized spacial score (nSPS) is 10.4. The van der Waals surface area contributed by atoms with Crippen molar-refractivity contribution in [1.82, 2.24) is 0 Å². The Hall–Kier alpha value is -1.65. The number of nitrogens with one attached hydrogen (secondary N) is 1. The SMILES string of the molecule is Cc1ccc(C(=O)Nc2cc(Cl)cc(Cl)c2O)o1. The molecule has 0 aliphatic heterocycles. The number of benzene rings is 1. The number of amides is 1. The minimum absolute atomic E-state index is 0.0634. The van der Waals surface area contributed by atoms with Gasteiger partial charge in [0.1, 0.15) is 5.76 Å². The molecule has 2 aromatic rings. The van der Waals surface area contributed by atoms with Crippen LogP contribution in [0, 0.1) is 6.92 Å². The van der Waals surface area contributed by atoms with E-state index >= 15 is 0 Å². The minimum Gasteiger partial charge on any atom is -0.504 e. The first-order chi connectivity index (χ1) is 8.47. The number of aromatic hydroxyl groups is 1. The van der Waals surface area contributed by atoms with Gasteiger partial charge in [0, 0.05) is 5.02 Å². The molecule has 0 radical (unpaired) electrons. The fourth-order valence-electron chi connectivity index (χ4n) is 1.40. The average molecular weight is 286 g/mol. The lowest BCUT2D eigenvalue weighted by atomic mass is 10.3. The Labute approximate surface area is 113 Å². The van der Waals surface area contributed by atoms with E-state index in [0.29, 0.717) is 10.8 Å². The first kappa shape index (κ1) is 12.8. The van der Waals surface area contributed by atoms with E-state index in [9.17, 15) is 9.90 Å². The van der Waals surface area contributed by atoms with Gasteiger partial charge in [0.25, 0.3) is 5.91 Å². The van der Waals surface area contributed by atoms with E-state index < -0.39 is 5.91 Å².